The van der Waals surface area contributed by atoms with Crippen molar-refractivity contribution in [1.82, 2.24) is 9.97 Å². The molecule has 26 heavy (non-hydrogen) atoms. The second-order valence-corrected chi connectivity index (χ2v) is 8.72. The summed E-state index contributed by atoms with van der Waals surface area (Å²) in [5.41, 5.74) is 4.22. The number of fused-ring (bicyclic) bond motifs is 6. The summed E-state index contributed by atoms with van der Waals surface area (Å²) in [7, 11) is 0. The Morgan fingerprint density at radius 1 is 0.654 bits per heavy atom. The van der Waals surface area contributed by atoms with Crippen LogP contribution in [0.15, 0.2) is 83.4 Å². The van der Waals surface area contributed by atoms with Crippen LogP contribution in [0, 0.1) is 0 Å². The summed E-state index contributed by atoms with van der Waals surface area (Å²) in [6.07, 6.45) is 0. The molecule has 0 spiro atoms. The third kappa shape index (κ3) is 2.73. The van der Waals surface area contributed by atoms with Gasteiger partial charge in [0.1, 0.15) is 0 Å². The molecule has 0 N–H and O–H groups in total. The number of hydrogen-bond donors (Lipinski definition) is 0. The Labute approximate surface area is 160 Å². The fraction of sp³-hybridized carbons (Fsp3) is 0. The molecule has 6 rings (SSSR count). The van der Waals surface area contributed by atoms with Crippen LogP contribution in [0.5, 0.6) is 0 Å². The van der Waals surface area contributed by atoms with Crippen molar-refractivity contribution in [2.45, 2.75) is 0 Å². The Morgan fingerprint density at radius 3 is 2.15 bits per heavy atom. The molecule has 4 aromatic carbocycles. The van der Waals surface area contributed by atoms with Gasteiger partial charge in [0, 0.05) is 5.39 Å². The Bertz CT molecular complexity index is 1240. The van der Waals surface area contributed by atoms with Crippen molar-refractivity contribution in [3.63, 3.8) is 0 Å². The van der Waals surface area contributed by atoms with Crippen molar-refractivity contribution in [1.29, 1.82) is 0 Å². The van der Waals surface area contributed by atoms with Crippen LogP contribution in [0.2, 0.25) is 0 Å². The van der Waals surface area contributed by atoms with Crippen LogP contribution in [0.1, 0.15) is 0 Å². The van der Waals surface area contributed by atoms with Crippen LogP contribution in [-0.2, 0) is 0 Å². The van der Waals surface area contributed by atoms with Gasteiger partial charge in [-0.25, -0.2) is 4.98 Å². The minimum absolute atomic E-state index is 0.458. The molecule has 0 bridgehead atoms. The van der Waals surface area contributed by atoms with Crippen LogP contribution < -0.4 is 0 Å². The topological polar surface area (TPSA) is 25.8 Å². The molecule has 0 atom stereocenters. The summed E-state index contributed by atoms with van der Waals surface area (Å²) in [6.45, 7) is 0. The summed E-state index contributed by atoms with van der Waals surface area (Å²) in [4.78, 5) is 8.80. The molecule has 0 aliphatic heterocycles. The van der Waals surface area contributed by atoms with E-state index in [1.165, 1.54) is 36.0 Å². The van der Waals surface area contributed by atoms with E-state index in [0.29, 0.717) is 14.5 Å². The maximum Gasteiger partial charge on any atom is 0.0890 e. The first kappa shape index (κ1) is 15.7. The summed E-state index contributed by atoms with van der Waals surface area (Å²) in [6, 6.07) is 25.4. The molecular formula is C22H14N2SSe. The molecule has 0 aliphatic carbocycles. The predicted molar refractivity (Wildman–Crippen MR) is 113 cm³/mol. The van der Waals surface area contributed by atoms with Crippen molar-refractivity contribution >= 4 is 67.4 Å². The minimum atomic E-state index is 0.458. The summed E-state index contributed by atoms with van der Waals surface area (Å²) in [5, 5.41) is 7.14. The number of thiazole rings is 1. The molecule has 0 saturated carbocycles. The van der Waals surface area contributed by atoms with Gasteiger partial charge in [-0.1, -0.05) is 30.3 Å². The number of aromatic nitrogens is 2. The van der Waals surface area contributed by atoms with Crippen LogP contribution in [0.4, 0.5) is 0 Å². The fourth-order valence-electron chi connectivity index (χ4n) is 3.20. The SMILES string of the molecule is c1ccc2c(c1)ccc1[se]cnc12.c1ccc2c(c1)ccc1scnc12. The van der Waals surface area contributed by atoms with Crippen molar-refractivity contribution in [3.05, 3.63) is 83.4 Å². The van der Waals surface area contributed by atoms with E-state index in [-0.39, 0.29) is 0 Å². The van der Waals surface area contributed by atoms with Crippen molar-refractivity contribution < 1.29 is 0 Å². The van der Waals surface area contributed by atoms with Crippen LogP contribution in [0.3, 0.4) is 0 Å². The number of rotatable bonds is 0. The Kier molecular flexibility index (Phi) is 4.02. The molecular weight excluding hydrogens is 403 g/mol. The molecule has 0 amide bonds. The average Bonchev–Trinajstić information content (AvgIpc) is 3.38. The zero-order valence-corrected chi connectivity index (χ0v) is 16.3. The van der Waals surface area contributed by atoms with Crippen LogP contribution >= 0.6 is 11.3 Å². The number of benzene rings is 4. The standard InChI is InChI=1S/C11H7NS.C11H7NSe/c2*1-2-4-9-8(3-1)5-6-10-11(9)12-7-13-10/h2*1-7H. The van der Waals surface area contributed by atoms with Gasteiger partial charge in [0.15, 0.2) is 0 Å². The molecule has 0 radical (unpaired) electrons. The second-order valence-electron chi connectivity index (χ2n) is 5.97. The van der Waals surface area contributed by atoms with Crippen molar-refractivity contribution in [3.8, 4) is 0 Å². The van der Waals surface area contributed by atoms with Gasteiger partial charge in [0.25, 0.3) is 0 Å². The molecule has 0 saturated heterocycles. The zero-order chi connectivity index (χ0) is 17.3. The monoisotopic (exact) mass is 418 g/mol. The molecule has 0 aliphatic rings. The van der Waals surface area contributed by atoms with E-state index in [1.807, 2.05) is 10.6 Å². The zero-order valence-electron chi connectivity index (χ0n) is 13.8. The fourth-order valence-corrected chi connectivity index (χ4v) is 5.34. The van der Waals surface area contributed by atoms with Gasteiger partial charge in [-0.05, 0) is 11.5 Å². The maximum atomic E-state index is 4.43. The van der Waals surface area contributed by atoms with Gasteiger partial charge < -0.3 is 0 Å². The van der Waals surface area contributed by atoms with Crippen molar-refractivity contribution in [2.24, 2.45) is 0 Å². The molecule has 2 aromatic heterocycles. The van der Waals surface area contributed by atoms with E-state index >= 15 is 0 Å². The summed E-state index contributed by atoms with van der Waals surface area (Å²) < 4.78 is 2.67. The largest absolute Gasteiger partial charge is 0.244 e. The van der Waals surface area contributed by atoms with Gasteiger partial charge >= 0.3 is 81.5 Å². The second kappa shape index (κ2) is 6.65. The summed E-state index contributed by atoms with van der Waals surface area (Å²) in [5.74, 6) is 0. The van der Waals surface area contributed by atoms with E-state index in [2.05, 4.69) is 82.8 Å². The van der Waals surface area contributed by atoms with Crippen LogP contribution in [-0.4, -0.2) is 24.5 Å². The predicted octanol–water partition coefficient (Wildman–Crippen LogP) is 5.89. The molecule has 2 nitrogen and oxygen atoms in total. The Hall–Kier alpha value is -2.52. The molecule has 6 aromatic rings. The Balaban J connectivity index is 0.000000115. The number of nitrogens with zero attached hydrogens (tertiary/aromatic N) is 2. The molecule has 0 unspecified atom stereocenters. The van der Waals surface area contributed by atoms with Crippen LogP contribution in [0.25, 0.3) is 41.5 Å². The summed E-state index contributed by atoms with van der Waals surface area (Å²) >= 11 is 2.15. The maximum absolute atomic E-state index is 4.43. The van der Waals surface area contributed by atoms with Crippen molar-refractivity contribution in [2.75, 3.05) is 0 Å². The first-order chi connectivity index (χ1) is 12.9. The first-order valence-electron chi connectivity index (χ1n) is 8.32. The van der Waals surface area contributed by atoms with Gasteiger partial charge in [-0.2, -0.15) is 0 Å². The number of hydrogen-bond acceptors (Lipinski definition) is 3. The van der Waals surface area contributed by atoms with E-state index in [1.54, 1.807) is 11.3 Å². The molecule has 0 fully saturated rings. The molecule has 4 heteroatoms. The van der Waals surface area contributed by atoms with E-state index in [9.17, 15) is 0 Å². The molecule has 2 heterocycles. The minimum Gasteiger partial charge on any atom is -0.244 e. The van der Waals surface area contributed by atoms with Gasteiger partial charge in [0.05, 0.1) is 15.7 Å². The third-order valence-electron chi connectivity index (χ3n) is 4.45. The Morgan fingerprint density at radius 2 is 1.35 bits per heavy atom. The van der Waals surface area contributed by atoms with Gasteiger partial charge in [-0.3, -0.25) is 0 Å². The van der Waals surface area contributed by atoms with E-state index in [0.717, 1.165) is 5.52 Å². The molecule has 124 valence electrons. The first-order valence-corrected chi connectivity index (χ1v) is 11.0. The van der Waals surface area contributed by atoms with Gasteiger partial charge in [-0.15, -0.1) is 11.3 Å². The smallest absolute Gasteiger partial charge is 0.0890 e. The average molecular weight is 417 g/mol. The van der Waals surface area contributed by atoms with Gasteiger partial charge in [0.2, 0.25) is 0 Å². The third-order valence-corrected chi connectivity index (χ3v) is 6.91. The van der Waals surface area contributed by atoms with E-state index in [4.69, 9.17) is 0 Å². The quantitative estimate of drug-likeness (QED) is 0.288. The normalized spacial score (nSPS) is 11.1. The van der Waals surface area contributed by atoms with E-state index < -0.39 is 0 Å².